The van der Waals surface area contributed by atoms with Gasteiger partial charge in [0, 0.05) is 17.1 Å². The SMILES string of the molecule is CC(C)(C)OC(=O)c1cc(C(=O)Nc2cnc3[nH]ccc3c2)ccc1Cl. The summed E-state index contributed by atoms with van der Waals surface area (Å²) in [4.78, 5) is 32.0. The van der Waals surface area contributed by atoms with Crippen LogP contribution in [-0.2, 0) is 4.74 Å². The van der Waals surface area contributed by atoms with Crippen molar-refractivity contribution in [2.75, 3.05) is 5.32 Å². The van der Waals surface area contributed by atoms with Gasteiger partial charge in [0.05, 0.1) is 22.5 Å². The van der Waals surface area contributed by atoms with Crippen LogP contribution in [0.4, 0.5) is 5.69 Å². The molecule has 2 aromatic heterocycles. The highest BCUT2D eigenvalue weighted by molar-refractivity contribution is 6.33. The summed E-state index contributed by atoms with van der Waals surface area (Å²) in [7, 11) is 0. The van der Waals surface area contributed by atoms with Crippen LogP contribution in [0, 0.1) is 0 Å². The number of carbonyl (C=O) groups is 2. The molecular formula is C19H18ClN3O3. The molecule has 0 radical (unpaired) electrons. The number of hydrogen-bond acceptors (Lipinski definition) is 4. The largest absolute Gasteiger partial charge is 0.456 e. The molecule has 6 nitrogen and oxygen atoms in total. The van der Waals surface area contributed by atoms with Crippen LogP contribution in [0.3, 0.4) is 0 Å². The lowest BCUT2D eigenvalue weighted by Gasteiger charge is -2.20. The molecule has 0 aliphatic heterocycles. The third-order valence-electron chi connectivity index (χ3n) is 3.51. The fourth-order valence-corrected chi connectivity index (χ4v) is 2.56. The van der Waals surface area contributed by atoms with Crippen molar-refractivity contribution in [1.82, 2.24) is 9.97 Å². The van der Waals surface area contributed by atoms with Gasteiger partial charge in [0.1, 0.15) is 11.2 Å². The highest BCUT2D eigenvalue weighted by atomic mass is 35.5. The second-order valence-electron chi connectivity index (χ2n) is 6.79. The van der Waals surface area contributed by atoms with Crippen molar-refractivity contribution in [1.29, 1.82) is 0 Å². The minimum absolute atomic E-state index is 0.147. The maximum atomic E-state index is 12.5. The second kappa shape index (κ2) is 6.80. The normalized spacial score (nSPS) is 11.4. The topological polar surface area (TPSA) is 84.1 Å². The lowest BCUT2D eigenvalue weighted by Crippen LogP contribution is -2.24. The highest BCUT2D eigenvalue weighted by Gasteiger charge is 2.21. The van der Waals surface area contributed by atoms with E-state index in [1.54, 1.807) is 45.3 Å². The quantitative estimate of drug-likeness (QED) is 0.667. The van der Waals surface area contributed by atoms with Crippen molar-refractivity contribution < 1.29 is 14.3 Å². The molecule has 2 N–H and O–H groups in total. The van der Waals surface area contributed by atoms with Crippen LogP contribution in [0.5, 0.6) is 0 Å². The summed E-state index contributed by atoms with van der Waals surface area (Å²) >= 11 is 6.09. The average Bonchev–Trinajstić information content (AvgIpc) is 3.01. The van der Waals surface area contributed by atoms with E-state index in [-0.39, 0.29) is 16.5 Å². The number of fused-ring (bicyclic) bond motifs is 1. The molecule has 134 valence electrons. The van der Waals surface area contributed by atoms with Gasteiger partial charge in [-0.1, -0.05) is 11.6 Å². The van der Waals surface area contributed by atoms with Crippen molar-refractivity contribution >= 4 is 40.2 Å². The zero-order valence-electron chi connectivity index (χ0n) is 14.6. The summed E-state index contributed by atoms with van der Waals surface area (Å²) in [6.07, 6.45) is 3.33. The predicted molar refractivity (Wildman–Crippen MR) is 101 cm³/mol. The molecule has 0 aliphatic rings. The third-order valence-corrected chi connectivity index (χ3v) is 3.83. The fraction of sp³-hybridized carbons (Fsp3) is 0.211. The van der Waals surface area contributed by atoms with E-state index < -0.39 is 11.6 Å². The molecule has 1 aromatic carbocycles. The van der Waals surface area contributed by atoms with Crippen LogP contribution < -0.4 is 5.32 Å². The van der Waals surface area contributed by atoms with Gasteiger partial charge in [-0.3, -0.25) is 4.79 Å². The Bertz CT molecular complexity index is 989. The Labute approximate surface area is 155 Å². The second-order valence-corrected chi connectivity index (χ2v) is 7.20. The lowest BCUT2D eigenvalue weighted by atomic mass is 10.1. The number of pyridine rings is 1. The van der Waals surface area contributed by atoms with E-state index in [9.17, 15) is 9.59 Å². The molecule has 0 spiro atoms. The van der Waals surface area contributed by atoms with Gasteiger partial charge in [-0.25, -0.2) is 9.78 Å². The Balaban J connectivity index is 1.83. The van der Waals surface area contributed by atoms with Crippen molar-refractivity contribution in [3.8, 4) is 0 Å². The molecule has 0 unspecified atom stereocenters. The van der Waals surface area contributed by atoms with Gasteiger partial charge in [-0.15, -0.1) is 0 Å². The van der Waals surface area contributed by atoms with Gasteiger partial charge in [0.2, 0.25) is 0 Å². The van der Waals surface area contributed by atoms with E-state index in [2.05, 4.69) is 15.3 Å². The molecule has 3 rings (SSSR count). The average molecular weight is 372 g/mol. The first-order valence-electron chi connectivity index (χ1n) is 8.00. The molecule has 0 saturated heterocycles. The van der Waals surface area contributed by atoms with Gasteiger partial charge in [-0.2, -0.15) is 0 Å². The minimum Gasteiger partial charge on any atom is -0.456 e. The number of rotatable bonds is 3. The summed E-state index contributed by atoms with van der Waals surface area (Å²) in [6, 6.07) is 8.15. The number of nitrogens with one attached hydrogen (secondary N) is 2. The summed E-state index contributed by atoms with van der Waals surface area (Å²) in [5.41, 5.74) is 1.08. The van der Waals surface area contributed by atoms with Crippen molar-refractivity contribution in [3.05, 3.63) is 58.9 Å². The lowest BCUT2D eigenvalue weighted by molar-refractivity contribution is 0.00697. The van der Waals surface area contributed by atoms with Gasteiger partial charge in [0.25, 0.3) is 5.91 Å². The maximum Gasteiger partial charge on any atom is 0.340 e. The Hall–Kier alpha value is -2.86. The first-order valence-corrected chi connectivity index (χ1v) is 8.38. The Morgan fingerprint density at radius 2 is 1.96 bits per heavy atom. The number of esters is 1. The molecule has 2 heterocycles. The Morgan fingerprint density at radius 1 is 1.19 bits per heavy atom. The molecule has 3 aromatic rings. The van der Waals surface area contributed by atoms with E-state index in [4.69, 9.17) is 16.3 Å². The molecule has 0 aliphatic carbocycles. The summed E-state index contributed by atoms with van der Waals surface area (Å²) in [6.45, 7) is 5.29. The van der Waals surface area contributed by atoms with Crippen LogP contribution in [0.1, 0.15) is 41.5 Å². The van der Waals surface area contributed by atoms with Gasteiger partial charge < -0.3 is 15.0 Å². The van der Waals surface area contributed by atoms with E-state index in [1.165, 1.54) is 12.1 Å². The van der Waals surface area contributed by atoms with E-state index >= 15 is 0 Å². The zero-order valence-corrected chi connectivity index (χ0v) is 15.3. The molecule has 26 heavy (non-hydrogen) atoms. The standard InChI is InChI=1S/C19H18ClN3O3/c1-19(2,3)26-18(25)14-9-12(4-5-15(14)20)17(24)23-13-8-11-6-7-21-16(11)22-10-13/h4-10H,1-3H3,(H,21,22)(H,23,24). The van der Waals surface area contributed by atoms with Gasteiger partial charge in [0.15, 0.2) is 0 Å². The first kappa shape index (κ1) is 17.9. The van der Waals surface area contributed by atoms with E-state index in [0.717, 1.165) is 11.0 Å². The predicted octanol–water partition coefficient (Wildman–Crippen LogP) is 4.42. The smallest absolute Gasteiger partial charge is 0.340 e. The van der Waals surface area contributed by atoms with Crippen molar-refractivity contribution in [2.45, 2.75) is 26.4 Å². The van der Waals surface area contributed by atoms with Crippen molar-refractivity contribution in [3.63, 3.8) is 0 Å². The number of amides is 1. The van der Waals surface area contributed by atoms with Crippen LogP contribution in [0.2, 0.25) is 5.02 Å². The summed E-state index contributed by atoms with van der Waals surface area (Å²) in [5, 5.41) is 3.87. The zero-order chi connectivity index (χ0) is 18.9. The van der Waals surface area contributed by atoms with Gasteiger partial charge >= 0.3 is 5.97 Å². The number of aromatic amines is 1. The van der Waals surface area contributed by atoms with Crippen LogP contribution in [-0.4, -0.2) is 27.4 Å². The number of halogens is 1. The highest BCUT2D eigenvalue weighted by Crippen LogP contribution is 2.22. The molecule has 0 bridgehead atoms. The molecule has 0 saturated carbocycles. The van der Waals surface area contributed by atoms with E-state index in [1.807, 2.05) is 6.07 Å². The molecule has 0 fully saturated rings. The Kier molecular flexibility index (Phi) is 4.70. The summed E-state index contributed by atoms with van der Waals surface area (Å²) in [5.74, 6) is -0.948. The summed E-state index contributed by atoms with van der Waals surface area (Å²) < 4.78 is 5.33. The number of anilines is 1. The molecule has 1 amide bonds. The van der Waals surface area contributed by atoms with Crippen LogP contribution in [0.15, 0.2) is 42.7 Å². The fourth-order valence-electron chi connectivity index (χ4n) is 2.37. The molecular weight excluding hydrogens is 354 g/mol. The van der Waals surface area contributed by atoms with Gasteiger partial charge in [-0.05, 0) is 51.1 Å². The minimum atomic E-state index is -0.656. The monoisotopic (exact) mass is 371 g/mol. The number of benzene rings is 1. The number of aromatic nitrogens is 2. The molecule has 0 atom stereocenters. The Morgan fingerprint density at radius 3 is 2.69 bits per heavy atom. The van der Waals surface area contributed by atoms with Crippen LogP contribution in [0.25, 0.3) is 11.0 Å². The third kappa shape index (κ3) is 4.03. The van der Waals surface area contributed by atoms with Crippen molar-refractivity contribution in [2.24, 2.45) is 0 Å². The number of ether oxygens (including phenoxy) is 1. The van der Waals surface area contributed by atoms with Crippen LogP contribution >= 0.6 is 11.6 Å². The maximum absolute atomic E-state index is 12.5. The first-order chi connectivity index (χ1) is 12.2. The number of carbonyl (C=O) groups excluding carboxylic acids is 2. The number of hydrogen-bond donors (Lipinski definition) is 2. The van der Waals surface area contributed by atoms with E-state index in [0.29, 0.717) is 11.3 Å². The molecule has 7 heteroatoms. The number of nitrogens with zero attached hydrogens (tertiary/aromatic N) is 1. The number of H-pyrrole nitrogens is 1.